The van der Waals surface area contributed by atoms with Gasteiger partial charge in [0.1, 0.15) is 5.82 Å². The Labute approximate surface area is 93.3 Å². The number of benzene rings is 1. The second-order valence-electron chi connectivity index (χ2n) is 3.43. The fourth-order valence-electron chi connectivity index (χ4n) is 1.45. The average Bonchev–Trinajstić information content (AvgIpc) is 2.60. The van der Waals surface area contributed by atoms with E-state index in [1.807, 2.05) is 25.1 Å². The second-order valence-corrected chi connectivity index (χ2v) is 3.79. The van der Waals surface area contributed by atoms with Crippen LogP contribution in [0.15, 0.2) is 24.3 Å². The first-order valence-electron chi connectivity index (χ1n) is 4.72. The Morgan fingerprint density at radius 2 is 2.27 bits per heavy atom. The van der Waals surface area contributed by atoms with E-state index in [0.717, 1.165) is 17.1 Å². The third kappa shape index (κ3) is 2.03. The summed E-state index contributed by atoms with van der Waals surface area (Å²) >= 11 is 5.91. The fourth-order valence-corrected chi connectivity index (χ4v) is 1.66. The van der Waals surface area contributed by atoms with Crippen molar-refractivity contribution >= 4 is 11.6 Å². The largest absolute Gasteiger partial charge is 0.339 e. The molecule has 4 heteroatoms. The van der Waals surface area contributed by atoms with E-state index in [-0.39, 0.29) is 0 Å². The van der Waals surface area contributed by atoms with E-state index in [2.05, 4.69) is 16.0 Å². The van der Waals surface area contributed by atoms with Gasteiger partial charge < -0.3 is 10.7 Å². The second kappa shape index (κ2) is 4.04. The molecule has 0 aliphatic rings. The molecule has 0 spiro atoms. The van der Waals surface area contributed by atoms with E-state index in [1.54, 1.807) is 0 Å². The molecule has 0 saturated carbocycles. The highest BCUT2D eigenvalue weighted by Gasteiger charge is 2.07. The SMILES string of the molecule is Cc1cccc(-c2nc(Cl)c(CN)[nH]2)c1. The van der Waals surface area contributed by atoms with Gasteiger partial charge in [0.05, 0.1) is 5.69 Å². The number of aromatic amines is 1. The molecular formula is C11H12ClN3. The Balaban J connectivity index is 2.45. The fraction of sp³-hybridized carbons (Fsp3) is 0.182. The molecule has 0 aliphatic carbocycles. The van der Waals surface area contributed by atoms with Crippen molar-refractivity contribution in [3.8, 4) is 11.4 Å². The number of rotatable bonds is 2. The van der Waals surface area contributed by atoms with E-state index in [4.69, 9.17) is 17.3 Å². The molecular weight excluding hydrogens is 210 g/mol. The highest BCUT2D eigenvalue weighted by Crippen LogP contribution is 2.21. The summed E-state index contributed by atoms with van der Waals surface area (Å²) in [6.45, 7) is 2.41. The van der Waals surface area contributed by atoms with Gasteiger partial charge in [-0.2, -0.15) is 0 Å². The monoisotopic (exact) mass is 221 g/mol. The number of imidazole rings is 1. The van der Waals surface area contributed by atoms with Gasteiger partial charge in [-0.1, -0.05) is 35.4 Å². The number of aryl methyl sites for hydroxylation is 1. The number of aromatic nitrogens is 2. The Bertz CT molecular complexity index is 476. The summed E-state index contributed by atoms with van der Waals surface area (Å²) < 4.78 is 0. The van der Waals surface area contributed by atoms with Crippen molar-refractivity contribution < 1.29 is 0 Å². The lowest BCUT2D eigenvalue weighted by Crippen LogP contribution is -1.96. The highest BCUT2D eigenvalue weighted by molar-refractivity contribution is 6.30. The van der Waals surface area contributed by atoms with Crippen molar-refractivity contribution in [1.82, 2.24) is 9.97 Å². The molecule has 0 unspecified atom stereocenters. The smallest absolute Gasteiger partial charge is 0.152 e. The first-order chi connectivity index (χ1) is 7.20. The molecule has 0 aliphatic heterocycles. The van der Waals surface area contributed by atoms with Crippen LogP contribution in [-0.2, 0) is 6.54 Å². The van der Waals surface area contributed by atoms with Crippen LogP contribution in [0, 0.1) is 6.92 Å². The molecule has 0 radical (unpaired) electrons. The summed E-state index contributed by atoms with van der Waals surface area (Å²) in [4.78, 5) is 7.33. The third-order valence-corrected chi connectivity index (χ3v) is 2.54. The maximum Gasteiger partial charge on any atom is 0.152 e. The number of H-pyrrole nitrogens is 1. The van der Waals surface area contributed by atoms with Gasteiger partial charge >= 0.3 is 0 Å². The van der Waals surface area contributed by atoms with Crippen LogP contribution >= 0.6 is 11.6 Å². The first-order valence-corrected chi connectivity index (χ1v) is 5.10. The van der Waals surface area contributed by atoms with E-state index in [9.17, 15) is 0 Å². The minimum Gasteiger partial charge on any atom is -0.339 e. The lowest BCUT2D eigenvalue weighted by atomic mass is 10.1. The van der Waals surface area contributed by atoms with Crippen molar-refractivity contribution in [2.45, 2.75) is 13.5 Å². The molecule has 0 fully saturated rings. The molecule has 0 saturated heterocycles. The predicted molar refractivity (Wildman–Crippen MR) is 61.7 cm³/mol. The summed E-state index contributed by atoms with van der Waals surface area (Å²) in [5.41, 5.74) is 8.50. The first kappa shape index (κ1) is 10.2. The number of hydrogen-bond donors (Lipinski definition) is 2. The van der Waals surface area contributed by atoms with Crippen molar-refractivity contribution in [1.29, 1.82) is 0 Å². The lowest BCUT2D eigenvalue weighted by Gasteiger charge is -1.97. The van der Waals surface area contributed by atoms with Crippen molar-refractivity contribution in [2.24, 2.45) is 5.73 Å². The maximum atomic E-state index is 5.91. The maximum absolute atomic E-state index is 5.91. The number of nitrogens with one attached hydrogen (secondary N) is 1. The van der Waals surface area contributed by atoms with E-state index >= 15 is 0 Å². The summed E-state index contributed by atoms with van der Waals surface area (Å²) in [7, 11) is 0. The molecule has 1 aromatic heterocycles. The number of nitrogens with zero attached hydrogens (tertiary/aromatic N) is 1. The van der Waals surface area contributed by atoms with Crippen LogP contribution in [0.25, 0.3) is 11.4 Å². The van der Waals surface area contributed by atoms with Gasteiger partial charge in [0.2, 0.25) is 0 Å². The molecule has 1 heterocycles. The van der Waals surface area contributed by atoms with Crippen LogP contribution in [0.3, 0.4) is 0 Å². The number of halogens is 1. The van der Waals surface area contributed by atoms with Crippen LogP contribution in [0.5, 0.6) is 0 Å². The molecule has 78 valence electrons. The standard InChI is InChI=1S/C11H12ClN3/c1-7-3-2-4-8(5-7)11-14-9(6-13)10(12)15-11/h2-5H,6,13H2,1H3,(H,14,15). The van der Waals surface area contributed by atoms with Crippen LogP contribution in [0.1, 0.15) is 11.3 Å². The van der Waals surface area contributed by atoms with Crippen LogP contribution in [-0.4, -0.2) is 9.97 Å². The minimum atomic E-state index is 0.373. The van der Waals surface area contributed by atoms with Crippen molar-refractivity contribution in [2.75, 3.05) is 0 Å². The Morgan fingerprint density at radius 3 is 2.87 bits per heavy atom. The Morgan fingerprint density at radius 1 is 1.47 bits per heavy atom. The number of nitrogens with two attached hydrogens (primary N) is 1. The van der Waals surface area contributed by atoms with Crippen molar-refractivity contribution in [3.63, 3.8) is 0 Å². The van der Waals surface area contributed by atoms with Gasteiger partial charge in [-0.3, -0.25) is 0 Å². The normalized spacial score (nSPS) is 10.6. The van der Waals surface area contributed by atoms with Crippen LogP contribution < -0.4 is 5.73 Å². The van der Waals surface area contributed by atoms with E-state index in [0.29, 0.717) is 11.7 Å². The summed E-state index contributed by atoms with van der Waals surface area (Å²) in [5, 5.41) is 0.453. The molecule has 0 bridgehead atoms. The van der Waals surface area contributed by atoms with Gasteiger partial charge in [-0.25, -0.2) is 4.98 Å². The van der Waals surface area contributed by atoms with Crippen LogP contribution in [0.2, 0.25) is 5.15 Å². The highest BCUT2D eigenvalue weighted by atomic mass is 35.5. The molecule has 2 rings (SSSR count). The predicted octanol–water partition coefficient (Wildman–Crippen LogP) is 2.50. The van der Waals surface area contributed by atoms with E-state index in [1.165, 1.54) is 5.56 Å². The molecule has 3 nitrogen and oxygen atoms in total. The molecule has 0 atom stereocenters. The van der Waals surface area contributed by atoms with Gasteiger partial charge in [-0.15, -0.1) is 0 Å². The molecule has 3 N–H and O–H groups in total. The van der Waals surface area contributed by atoms with Gasteiger partial charge in [0, 0.05) is 12.1 Å². The minimum absolute atomic E-state index is 0.373. The molecule has 0 amide bonds. The number of hydrogen-bond acceptors (Lipinski definition) is 2. The van der Waals surface area contributed by atoms with Crippen molar-refractivity contribution in [3.05, 3.63) is 40.7 Å². The Kier molecular flexibility index (Phi) is 2.75. The van der Waals surface area contributed by atoms with Gasteiger partial charge in [-0.05, 0) is 13.0 Å². The topological polar surface area (TPSA) is 54.7 Å². The zero-order valence-electron chi connectivity index (χ0n) is 8.42. The van der Waals surface area contributed by atoms with Gasteiger partial charge in [0.15, 0.2) is 5.15 Å². The quantitative estimate of drug-likeness (QED) is 0.819. The summed E-state index contributed by atoms with van der Waals surface area (Å²) in [6.07, 6.45) is 0. The Hall–Kier alpha value is -1.32. The molecule has 1 aromatic carbocycles. The summed E-state index contributed by atoms with van der Waals surface area (Å²) in [5.74, 6) is 0.768. The third-order valence-electron chi connectivity index (χ3n) is 2.22. The molecule has 2 aromatic rings. The average molecular weight is 222 g/mol. The lowest BCUT2D eigenvalue weighted by molar-refractivity contribution is 1.01. The summed E-state index contributed by atoms with van der Waals surface area (Å²) in [6, 6.07) is 8.07. The zero-order valence-corrected chi connectivity index (χ0v) is 9.17. The van der Waals surface area contributed by atoms with Crippen LogP contribution in [0.4, 0.5) is 0 Å². The van der Waals surface area contributed by atoms with Gasteiger partial charge in [0.25, 0.3) is 0 Å². The zero-order chi connectivity index (χ0) is 10.8. The molecule has 15 heavy (non-hydrogen) atoms. The van der Waals surface area contributed by atoms with E-state index < -0.39 is 0 Å².